The van der Waals surface area contributed by atoms with Crippen LogP contribution < -0.4 is 10.6 Å². The number of carboxylic acid groups (broad SMARTS) is 1. The van der Waals surface area contributed by atoms with Crippen molar-refractivity contribution in [3.05, 3.63) is 41.1 Å². The highest BCUT2D eigenvalue weighted by molar-refractivity contribution is 14.1. The number of carboxylic acids is 1. The quantitative estimate of drug-likeness (QED) is 0.225. The second kappa shape index (κ2) is 9.79. The van der Waals surface area contributed by atoms with E-state index in [1.54, 1.807) is 20.8 Å². The summed E-state index contributed by atoms with van der Waals surface area (Å²) in [5.74, 6) is -1.95. The summed E-state index contributed by atoms with van der Waals surface area (Å²) >= 11 is 3.43. The van der Waals surface area contributed by atoms with Crippen LogP contribution in [-0.2, 0) is 19.1 Å². The molecule has 33 heavy (non-hydrogen) atoms. The molecule has 10 nitrogen and oxygen atoms in total. The lowest BCUT2D eigenvalue weighted by Crippen LogP contribution is -2.71. The van der Waals surface area contributed by atoms with Crippen molar-refractivity contribution >= 4 is 58.2 Å². The first-order chi connectivity index (χ1) is 15.4. The molecule has 1 unspecified atom stereocenters. The molecule has 12 heteroatoms. The van der Waals surface area contributed by atoms with Crippen LogP contribution in [0.4, 0.5) is 4.79 Å². The number of hydrogen-bond donors (Lipinski definition) is 4. The Hall–Kier alpha value is -2.48. The largest absolute Gasteiger partial charge is 0.508 e. The lowest BCUT2D eigenvalue weighted by molar-refractivity contribution is -0.151. The molecule has 1 aromatic carbocycles. The van der Waals surface area contributed by atoms with Gasteiger partial charge in [-0.3, -0.25) is 14.5 Å². The van der Waals surface area contributed by atoms with E-state index < -0.39 is 46.9 Å². The van der Waals surface area contributed by atoms with Crippen LogP contribution >= 0.6 is 34.4 Å². The predicted molar refractivity (Wildman–Crippen MR) is 129 cm³/mol. The number of alkyl carbamates (subject to hydrolysis) is 1. The van der Waals surface area contributed by atoms with E-state index in [1.807, 2.05) is 0 Å². The molecule has 178 valence electrons. The minimum Gasteiger partial charge on any atom is -0.508 e. The molecule has 0 radical (unpaired) electrons. The number of nitrogens with zero attached hydrogens (tertiary/aromatic N) is 1. The Bertz CT molecular complexity index is 1010. The van der Waals surface area contributed by atoms with Crippen LogP contribution in [-0.4, -0.2) is 66.2 Å². The molecular weight excluding hydrogens is 565 g/mol. The van der Waals surface area contributed by atoms with E-state index in [9.17, 15) is 29.4 Å². The average molecular weight is 589 g/mol. The van der Waals surface area contributed by atoms with Crippen LogP contribution in [0.25, 0.3) is 0 Å². The van der Waals surface area contributed by atoms with Crippen LogP contribution in [0, 0.1) is 0 Å². The van der Waals surface area contributed by atoms with Crippen LogP contribution in [0.2, 0.25) is 0 Å². The molecule has 2 aliphatic rings. The van der Waals surface area contributed by atoms with Crippen molar-refractivity contribution in [2.75, 3.05) is 10.2 Å². The van der Waals surface area contributed by atoms with E-state index in [1.165, 1.54) is 40.9 Å². The molecule has 1 saturated heterocycles. The number of β-lactam (4-membered cyclic amide) rings is 1. The van der Waals surface area contributed by atoms with Crippen molar-refractivity contribution in [2.45, 2.75) is 43.8 Å². The zero-order chi connectivity index (χ0) is 24.5. The fourth-order valence-electron chi connectivity index (χ4n) is 3.42. The summed E-state index contributed by atoms with van der Waals surface area (Å²) in [6.45, 7) is 5.05. The van der Waals surface area contributed by atoms with Gasteiger partial charge in [-0.15, -0.1) is 11.8 Å². The predicted octanol–water partition coefficient (Wildman–Crippen LogP) is 2.13. The first-order valence-electron chi connectivity index (χ1n) is 9.97. The van der Waals surface area contributed by atoms with Crippen LogP contribution in [0.15, 0.2) is 35.5 Å². The Kier molecular flexibility index (Phi) is 7.46. The number of carbonyl (C=O) groups excluding carboxylic acids is 3. The van der Waals surface area contributed by atoms with E-state index >= 15 is 0 Å². The topological polar surface area (TPSA) is 145 Å². The van der Waals surface area contributed by atoms with Crippen molar-refractivity contribution in [1.29, 1.82) is 0 Å². The number of aromatic hydroxyl groups is 1. The van der Waals surface area contributed by atoms with Crippen molar-refractivity contribution in [1.82, 2.24) is 15.5 Å². The van der Waals surface area contributed by atoms with Gasteiger partial charge in [0, 0.05) is 10.2 Å². The highest BCUT2D eigenvalue weighted by Crippen LogP contribution is 2.41. The van der Waals surface area contributed by atoms with Gasteiger partial charge in [-0.25, -0.2) is 9.59 Å². The molecule has 2 heterocycles. The molecular formula is C21H24IN3O7S. The number of phenolic OH excluding ortho intramolecular Hbond substituents is 1. The number of thioether (sulfide) groups is 1. The van der Waals surface area contributed by atoms with Crippen molar-refractivity contribution in [3.8, 4) is 5.75 Å². The molecule has 4 N–H and O–H groups in total. The molecule has 3 atom stereocenters. The molecule has 0 bridgehead atoms. The monoisotopic (exact) mass is 589 g/mol. The summed E-state index contributed by atoms with van der Waals surface area (Å²) in [4.78, 5) is 51.2. The molecule has 0 aromatic heterocycles. The fourth-order valence-corrected chi connectivity index (χ4v) is 5.76. The van der Waals surface area contributed by atoms with E-state index in [-0.39, 0.29) is 11.4 Å². The summed E-state index contributed by atoms with van der Waals surface area (Å²) in [5.41, 5.74) is 0.190. The lowest BCUT2D eigenvalue weighted by atomic mass is 10.0. The van der Waals surface area contributed by atoms with Gasteiger partial charge in [0.2, 0.25) is 5.91 Å². The maximum absolute atomic E-state index is 13.1. The third-order valence-corrected chi connectivity index (χ3v) is 7.12. The third-order valence-electron chi connectivity index (χ3n) is 4.86. The average Bonchev–Trinajstić information content (AvgIpc) is 2.73. The zero-order valence-electron chi connectivity index (χ0n) is 18.1. The third kappa shape index (κ3) is 5.54. The van der Waals surface area contributed by atoms with Gasteiger partial charge >= 0.3 is 12.1 Å². The maximum atomic E-state index is 13.1. The SMILES string of the molecule is CC(C)(C)OC(=O)NC(C(=O)N[C@@H]1C(=O)N2C(C(=O)O)=C(CI)CS[C@@H]12)c1ccc(O)cc1. The Morgan fingerprint density at radius 2 is 1.91 bits per heavy atom. The van der Waals surface area contributed by atoms with Crippen LogP contribution in [0.5, 0.6) is 5.75 Å². The maximum Gasteiger partial charge on any atom is 0.408 e. The summed E-state index contributed by atoms with van der Waals surface area (Å²) in [6, 6.07) is 3.55. The minimum atomic E-state index is -1.20. The van der Waals surface area contributed by atoms with Gasteiger partial charge in [0.25, 0.3) is 5.91 Å². The fraction of sp³-hybridized carbons (Fsp3) is 0.429. The number of fused-ring (bicyclic) bond motifs is 1. The molecule has 0 aliphatic carbocycles. The van der Waals surface area contributed by atoms with Gasteiger partial charge in [0.1, 0.15) is 34.5 Å². The number of phenols is 1. The molecule has 0 saturated carbocycles. The van der Waals surface area contributed by atoms with Crippen molar-refractivity contribution in [2.24, 2.45) is 0 Å². The van der Waals surface area contributed by atoms with Crippen LogP contribution in [0.1, 0.15) is 32.4 Å². The normalized spacial score (nSPS) is 21.0. The summed E-state index contributed by atoms with van der Waals surface area (Å²) in [6.07, 6.45) is -0.827. The number of benzene rings is 1. The number of halogens is 1. The Balaban J connectivity index is 1.79. The minimum absolute atomic E-state index is 0.0161. The van der Waals surface area contributed by atoms with E-state index in [4.69, 9.17) is 4.74 Å². The Morgan fingerprint density at radius 1 is 1.27 bits per heavy atom. The van der Waals surface area contributed by atoms with Gasteiger partial charge in [-0.2, -0.15) is 0 Å². The molecule has 1 fully saturated rings. The summed E-state index contributed by atoms with van der Waals surface area (Å²) in [5, 5.41) is 23.7. The van der Waals surface area contributed by atoms with Gasteiger partial charge in [0.05, 0.1) is 0 Å². The molecule has 0 spiro atoms. The highest BCUT2D eigenvalue weighted by Gasteiger charge is 2.54. The van der Waals surface area contributed by atoms with E-state index in [2.05, 4.69) is 33.2 Å². The second-order valence-electron chi connectivity index (χ2n) is 8.46. The van der Waals surface area contributed by atoms with Gasteiger partial charge < -0.3 is 25.6 Å². The molecule has 2 aliphatic heterocycles. The van der Waals surface area contributed by atoms with Gasteiger partial charge in [-0.1, -0.05) is 34.7 Å². The number of alkyl halides is 1. The second-order valence-corrected chi connectivity index (χ2v) is 10.3. The van der Waals surface area contributed by atoms with E-state index in [0.29, 0.717) is 21.3 Å². The Morgan fingerprint density at radius 3 is 2.45 bits per heavy atom. The standard InChI is InChI=1S/C21H24IN3O7S/c1-21(2,3)32-20(31)24-13(10-4-6-12(26)7-5-10)16(27)23-14-17(28)25-15(19(29)30)11(8-22)9-33-18(14)25/h4-7,13-14,18,26H,8-9H2,1-3H3,(H,23,27)(H,24,31)(H,29,30)/t13?,14-,18+/m1/s1. The lowest BCUT2D eigenvalue weighted by Gasteiger charge is -2.49. The zero-order valence-corrected chi connectivity index (χ0v) is 21.1. The van der Waals surface area contributed by atoms with Crippen LogP contribution in [0.3, 0.4) is 0 Å². The number of amides is 3. The molecule has 3 amide bonds. The molecule has 1 aromatic rings. The van der Waals surface area contributed by atoms with Crippen molar-refractivity contribution < 1.29 is 34.1 Å². The number of aliphatic carboxylic acids is 1. The Labute approximate surface area is 208 Å². The first-order valence-corrected chi connectivity index (χ1v) is 12.5. The number of rotatable bonds is 6. The number of nitrogens with one attached hydrogen (secondary N) is 2. The first kappa shape index (κ1) is 25.1. The number of carbonyl (C=O) groups is 4. The number of hydrogen-bond acceptors (Lipinski definition) is 7. The van der Waals surface area contributed by atoms with Gasteiger partial charge in [0.15, 0.2) is 0 Å². The van der Waals surface area contributed by atoms with E-state index in [0.717, 1.165) is 0 Å². The molecule has 3 rings (SSSR count). The summed E-state index contributed by atoms with van der Waals surface area (Å²) in [7, 11) is 0. The summed E-state index contributed by atoms with van der Waals surface area (Å²) < 4.78 is 5.72. The van der Waals surface area contributed by atoms with Crippen molar-refractivity contribution in [3.63, 3.8) is 0 Å². The number of ether oxygens (including phenoxy) is 1. The van der Waals surface area contributed by atoms with Gasteiger partial charge in [-0.05, 0) is 44.0 Å². The highest BCUT2D eigenvalue weighted by atomic mass is 127. The smallest absolute Gasteiger partial charge is 0.408 e.